The minimum atomic E-state index is 0.269. The number of nitrogens with zero attached hydrogens (tertiary/aromatic N) is 1. The lowest BCUT2D eigenvalue weighted by Gasteiger charge is -2.33. The van der Waals surface area contributed by atoms with Crippen LogP contribution in [0.4, 0.5) is 0 Å². The molecule has 15 heavy (non-hydrogen) atoms. The van der Waals surface area contributed by atoms with Crippen molar-refractivity contribution in [2.75, 3.05) is 20.1 Å². The molecule has 2 rings (SSSR count). The highest BCUT2D eigenvalue weighted by Crippen LogP contribution is 2.34. The van der Waals surface area contributed by atoms with Gasteiger partial charge in [-0.3, -0.25) is 0 Å². The van der Waals surface area contributed by atoms with E-state index < -0.39 is 0 Å². The van der Waals surface area contributed by atoms with E-state index in [-0.39, 0.29) is 6.04 Å². The molecule has 0 radical (unpaired) electrons. The molecule has 0 fully saturated rings. The fourth-order valence-corrected chi connectivity index (χ4v) is 2.47. The molecule has 2 heteroatoms. The number of hydrogen-bond donors (Lipinski definition) is 1. The van der Waals surface area contributed by atoms with Gasteiger partial charge < -0.3 is 10.6 Å². The van der Waals surface area contributed by atoms with Gasteiger partial charge in [-0.1, -0.05) is 24.3 Å². The summed E-state index contributed by atoms with van der Waals surface area (Å²) in [5.74, 6) is 0.727. The number of nitrogens with two attached hydrogens (primary N) is 1. The van der Waals surface area contributed by atoms with Crippen molar-refractivity contribution in [2.45, 2.75) is 25.3 Å². The van der Waals surface area contributed by atoms with E-state index >= 15 is 0 Å². The Bertz CT molecular complexity index is 333. The average molecular weight is 204 g/mol. The minimum absolute atomic E-state index is 0.269. The van der Waals surface area contributed by atoms with Gasteiger partial charge in [0.2, 0.25) is 0 Å². The average Bonchev–Trinajstić information content (AvgIpc) is 2.13. The van der Waals surface area contributed by atoms with Crippen LogP contribution in [0.3, 0.4) is 0 Å². The zero-order valence-electron chi connectivity index (χ0n) is 9.61. The van der Waals surface area contributed by atoms with E-state index in [4.69, 9.17) is 5.73 Å². The fourth-order valence-electron chi connectivity index (χ4n) is 2.47. The summed E-state index contributed by atoms with van der Waals surface area (Å²) >= 11 is 0. The molecule has 0 bridgehead atoms. The summed E-state index contributed by atoms with van der Waals surface area (Å²) in [5.41, 5.74) is 8.84. The van der Waals surface area contributed by atoms with Crippen molar-refractivity contribution in [3.8, 4) is 0 Å². The first-order valence-corrected chi connectivity index (χ1v) is 5.68. The second-order valence-electron chi connectivity index (χ2n) is 4.80. The molecule has 82 valence electrons. The Hall–Kier alpha value is -0.860. The summed E-state index contributed by atoms with van der Waals surface area (Å²) in [6.45, 7) is 4.18. The van der Waals surface area contributed by atoms with Gasteiger partial charge in [0.1, 0.15) is 0 Å². The van der Waals surface area contributed by atoms with Crippen molar-refractivity contribution in [3.05, 3.63) is 35.4 Å². The van der Waals surface area contributed by atoms with Crippen LogP contribution in [0, 0.1) is 0 Å². The van der Waals surface area contributed by atoms with Gasteiger partial charge in [-0.15, -0.1) is 0 Å². The summed E-state index contributed by atoms with van der Waals surface area (Å²) < 4.78 is 0. The Morgan fingerprint density at radius 2 is 2.20 bits per heavy atom. The maximum atomic E-state index is 5.78. The van der Waals surface area contributed by atoms with Crippen LogP contribution in [-0.2, 0) is 6.42 Å². The van der Waals surface area contributed by atoms with Crippen LogP contribution in [0.5, 0.6) is 0 Å². The predicted molar refractivity (Wildman–Crippen MR) is 64.0 cm³/mol. The molecule has 1 aliphatic carbocycles. The topological polar surface area (TPSA) is 29.3 Å². The molecule has 0 spiro atoms. The fraction of sp³-hybridized carbons (Fsp3) is 0.538. The molecular weight excluding hydrogens is 184 g/mol. The second kappa shape index (κ2) is 4.33. The molecule has 0 heterocycles. The number of benzene rings is 1. The first-order valence-electron chi connectivity index (χ1n) is 5.68. The quantitative estimate of drug-likeness (QED) is 0.807. The predicted octanol–water partition coefficient (Wildman–Crippen LogP) is 1.61. The third kappa shape index (κ3) is 2.39. The van der Waals surface area contributed by atoms with Crippen LogP contribution in [0.2, 0.25) is 0 Å². The molecule has 2 nitrogen and oxygen atoms in total. The van der Waals surface area contributed by atoms with E-state index in [1.165, 1.54) is 17.5 Å². The summed E-state index contributed by atoms with van der Waals surface area (Å²) in [4.78, 5) is 2.34. The molecule has 0 amide bonds. The molecule has 1 aromatic carbocycles. The first kappa shape index (κ1) is 10.7. The van der Waals surface area contributed by atoms with Gasteiger partial charge in [-0.05, 0) is 31.5 Å². The van der Waals surface area contributed by atoms with E-state index in [0.717, 1.165) is 19.0 Å². The Kier molecular flexibility index (Phi) is 3.08. The lowest BCUT2D eigenvalue weighted by Crippen LogP contribution is -2.37. The summed E-state index contributed by atoms with van der Waals surface area (Å²) in [6.07, 6.45) is 1.24. The SMILES string of the molecule is CC(N)CN(C)CC1Cc2ccccc21. The van der Waals surface area contributed by atoms with Gasteiger partial charge in [0.05, 0.1) is 0 Å². The second-order valence-corrected chi connectivity index (χ2v) is 4.80. The van der Waals surface area contributed by atoms with Crippen molar-refractivity contribution in [1.82, 2.24) is 4.90 Å². The lowest BCUT2D eigenvalue weighted by molar-refractivity contribution is 0.286. The summed E-state index contributed by atoms with van der Waals surface area (Å²) in [6, 6.07) is 9.02. The van der Waals surface area contributed by atoms with Crippen LogP contribution >= 0.6 is 0 Å². The number of rotatable bonds is 4. The molecule has 0 aliphatic heterocycles. The monoisotopic (exact) mass is 204 g/mol. The highest BCUT2D eigenvalue weighted by atomic mass is 15.1. The largest absolute Gasteiger partial charge is 0.327 e. The van der Waals surface area contributed by atoms with Gasteiger partial charge in [0.25, 0.3) is 0 Å². The van der Waals surface area contributed by atoms with Crippen LogP contribution in [-0.4, -0.2) is 31.1 Å². The molecule has 0 aromatic heterocycles. The van der Waals surface area contributed by atoms with Crippen molar-refractivity contribution in [1.29, 1.82) is 0 Å². The van der Waals surface area contributed by atoms with Gasteiger partial charge >= 0.3 is 0 Å². The van der Waals surface area contributed by atoms with E-state index in [9.17, 15) is 0 Å². The molecular formula is C13H20N2. The summed E-state index contributed by atoms with van der Waals surface area (Å²) in [5, 5.41) is 0. The van der Waals surface area contributed by atoms with Crippen LogP contribution in [0.1, 0.15) is 24.0 Å². The standard InChI is InChI=1S/C13H20N2/c1-10(14)8-15(2)9-12-7-11-5-3-4-6-13(11)12/h3-6,10,12H,7-9,14H2,1-2H3. The Morgan fingerprint density at radius 3 is 2.87 bits per heavy atom. The number of fused-ring (bicyclic) bond motifs is 1. The third-order valence-corrected chi connectivity index (χ3v) is 3.09. The van der Waals surface area contributed by atoms with Crippen molar-refractivity contribution in [2.24, 2.45) is 5.73 Å². The lowest BCUT2D eigenvalue weighted by atomic mass is 9.77. The van der Waals surface area contributed by atoms with Crippen molar-refractivity contribution in [3.63, 3.8) is 0 Å². The van der Waals surface area contributed by atoms with Crippen LogP contribution in [0.15, 0.2) is 24.3 Å². The van der Waals surface area contributed by atoms with E-state index in [2.05, 4.69) is 43.1 Å². The number of hydrogen-bond acceptors (Lipinski definition) is 2. The molecule has 2 N–H and O–H groups in total. The Balaban J connectivity index is 1.89. The van der Waals surface area contributed by atoms with Crippen LogP contribution in [0.25, 0.3) is 0 Å². The molecule has 2 unspecified atom stereocenters. The third-order valence-electron chi connectivity index (χ3n) is 3.09. The number of likely N-dealkylation sites (N-methyl/N-ethyl adjacent to an activating group) is 1. The van der Waals surface area contributed by atoms with Gasteiger partial charge in [0, 0.05) is 25.0 Å². The Labute approximate surface area is 92.1 Å². The molecule has 0 saturated carbocycles. The van der Waals surface area contributed by atoms with Gasteiger partial charge in [-0.2, -0.15) is 0 Å². The maximum Gasteiger partial charge on any atom is 0.0139 e. The normalized spacial score (nSPS) is 20.9. The molecule has 1 aromatic rings. The van der Waals surface area contributed by atoms with Crippen molar-refractivity contribution < 1.29 is 0 Å². The van der Waals surface area contributed by atoms with E-state index in [0.29, 0.717) is 0 Å². The zero-order chi connectivity index (χ0) is 10.8. The van der Waals surface area contributed by atoms with Gasteiger partial charge in [-0.25, -0.2) is 0 Å². The molecule has 1 aliphatic rings. The molecule has 2 atom stereocenters. The van der Waals surface area contributed by atoms with Gasteiger partial charge in [0.15, 0.2) is 0 Å². The highest BCUT2D eigenvalue weighted by molar-refractivity contribution is 5.40. The maximum absolute atomic E-state index is 5.78. The summed E-state index contributed by atoms with van der Waals surface area (Å²) in [7, 11) is 2.16. The smallest absolute Gasteiger partial charge is 0.0139 e. The van der Waals surface area contributed by atoms with Crippen molar-refractivity contribution >= 4 is 0 Å². The van der Waals surface area contributed by atoms with Crippen LogP contribution < -0.4 is 5.73 Å². The zero-order valence-corrected chi connectivity index (χ0v) is 9.61. The molecule has 0 saturated heterocycles. The van der Waals surface area contributed by atoms with E-state index in [1.54, 1.807) is 0 Å². The van der Waals surface area contributed by atoms with E-state index in [1.807, 2.05) is 0 Å². The highest BCUT2D eigenvalue weighted by Gasteiger charge is 2.26. The first-order chi connectivity index (χ1) is 7.16. The minimum Gasteiger partial charge on any atom is -0.327 e. The Morgan fingerprint density at radius 1 is 1.47 bits per heavy atom.